The summed E-state index contributed by atoms with van der Waals surface area (Å²) in [4.78, 5) is 67.9. The lowest BCUT2D eigenvalue weighted by atomic mass is 9.88. The zero-order valence-corrected chi connectivity index (χ0v) is 56.4. The topological polar surface area (TPSA) is 146 Å². The number of nitrogens with zero attached hydrogens (tertiary/aromatic N) is 6. The Balaban J connectivity index is 0.649. The first-order valence-electron chi connectivity index (χ1n) is 32.8. The van der Waals surface area contributed by atoms with Crippen LogP contribution in [0.5, 0.6) is 17.2 Å². The van der Waals surface area contributed by atoms with Gasteiger partial charge < -0.3 is 43.9 Å². The second-order valence-electron chi connectivity index (χ2n) is 26.2. The van der Waals surface area contributed by atoms with Gasteiger partial charge in [-0.1, -0.05) is 121 Å². The lowest BCUT2D eigenvalue weighted by Gasteiger charge is -2.38. The van der Waals surface area contributed by atoms with Gasteiger partial charge in [0, 0.05) is 85.7 Å². The molecule has 18 rings (SSSR count). The van der Waals surface area contributed by atoms with Gasteiger partial charge in [-0.3, -0.25) is 29.1 Å². The first-order chi connectivity index (χ1) is 47.8. The van der Waals surface area contributed by atoms with E-state index < -0.39 is 36.3 Å². The van der Waals surface area contributed by atoms with E-state index in [1.807, 2.05) is 135 Å². The Bertz CT molecular complexity index is 5460. The molecule has 9 heterocycles. The van der Waals surface area contributed by atoms with Crippen molar-refractivity contribution in [2.45, 2.75) is 69.4 Å². The van der Waals surface area contributed by atoms with E-state index in [9.17, 15) is 9.59 Å². The maximum absolute atomic E-state index is 15.5. The van der Waals surface area contributed by atoms with Crippen LogP contribution in [-0.2, 0) is 33.6 Å². The number of amides is 3. The zero-order valence-electron chi connectivity index (χ0n) is 54.0. The van der Waals surface area contributed by atoms with Crippen molar-refractivity contribution in [2.75, 3.05) is 36.0 Å². The number of rotatable bonds is 11. The third kappa shape index (κ3) is 8.76. The minimum atomic E-state index is -0.635. The third-order valence-corrected chi connectivity index (χ3v) is 22.3. The van der Waals surface area contributed by atoms with Crippen molar-refractivity contribution in [3.63, 3.8) is 0 Å². The Hall–Kier alpha value is -10.9. The molecule has 482 valence electrons. The van der Waals surface area contributed by atoms with Gasteiger partial charge in [0.05, 0.1) is 38.4 Å². The molecule has 3 aromatic heterocycles. The summed E-state index contributed by atoms with van der Waals surface area (Å²) in [5, 5.41) is 4.42. The van der Waals surface area contributed by atoms with E-state index in [4.69, 9.17) is 50.9 Å². The predicted octanol–water partition coefficient (Wildman–Crippen LogP) is 15.1. The third-order valence-electron chi connectivity index (χ3n) is 21.1. The largest absolute Gasteiger partial charge is 0.496 e. The zero-order chi connectivity index (χ0) is 66.7. The number of hydrogen-bond acceptors (Lipinski definition) is 9. The normalized spacial score (nSPS) is 20.2. The average molecular weight is 1340 g/mol. The summed E-state index contributed by atoms with van der Waals surface area (Å²) in [6.07, 6.45) is 1.37. The number of carbonyl (C=O) groups is 3. The molecule has 6 aliphatic rings. The number of para-hydroxylation sites is 4. The molecule has 9 aromatic carbocycles. The standard InChI is InChI=1S/C80H63N9O6S3/c1-42-15-14-16-49(35-42)85-76(91)64-40-57-51-32-27-47(38-61(51)83-70(57)73(87(64)79(85)97)53-19-8-12-23-67(53)94-4)45-29-34-62(43(2)36-45)89-77(92)65-41-58-55-37-46(28-33-60(55)82-71(58)74(88(65)80(89)98)54-20-9-13-24-68(54)95-5)44-25-30-48(31-26-44)84-75(90)63-39-56-50-17-6-10-21-59(50)81-69(56)72(86(63)78(84)96)52-18-7-11-22-66(52)93-3/h6-38,63-65,72-74,81-83H,39-41H2,1-5H3. The number of hydrogen-bond donors (Lipinski definition) is 3. The maximum Gasteiger partial charge on any atom is 0.256 e. The van der Waals surface area contributed by atoms with Gasteiger partial charge in [0.1, 0.15) is 53.5 Å². The number of H-pyrrole nitrogens is 3. The van der Waals surface area contributed by atoms with Crippen LogP contribution >= 0.6 is 36.7 Å². The summed E-state index contributed by atoms with van der Waals surface area (Å²) in [6.45, 7) is 4.05. The van der Waals surface area contributed by atoms with Crippen molar-refractivity contribution in [1.29, 1.82) is 0 Å². The van der Waals surface area contributed by atoms with Crippen LogP contribution in [0.25, 0.3) is 55.0 Å². The summed E-state index contributed by atoms with van der Waals surface area (Å²) >= 11 is 19.1. The minimum Gasteiger partial charge on any atom is -0.496 e. The molecule has 0 radical (unpaired) electrons. The first-order valence-corrected chi connectivity index (χ1v) is 34.1. The number of aryl methyl sites for hydroxylation is 2. The monoisotopic (exact) mass is 1340 g/mol. The van der Waals surface area contributed by atoms with Gasteiger partial charge in [-0.05, 0) is 179 Å². The van der Waals surface area contributed by atoms with E-state index >= 15 is 4.79 Å². The van der Waals surface area contributed by atoms with Crippen LogP contribution < -0.4 is 28.9 Å². The second kappa shape index (κ2) is 22.6. The van der Waals surface area contributed by atoms with Crippen molar-refractivity contribution in [3.8, 4) is 39.5 Å². The van der Waals surface area contributed by atoms with Crippen LogP contribution in [0, 0.1) is 13.8 Å². The Morgan fingerprint density at radius 1 is 0.378 bits per heavy atom. The van der Waals surface area contributed by atoms with Gasteiger partial charge in [0.15, 0.2) is 15.3 Å². The van der Waals surface area contributed by atoms with Crippen LogP contribution in [0.3, 0.4) is 0 Å². The summed E-state index contributed by atoms with van der Waals surface area (Å²) < 4.78 is 18.0. The molecule has 18 heteroatoms. The van der Waals surface area contributed by atoms with Crippen molar-refractivity contribution in [3.05, 3.63) is 262 Å². The molecule has 6 unspecified atom stereocenters. The highest BCUT2D eigenvalue weighted by molar-refractivity contribution is 7.81. The number of fused-ring (bicyclic) bond motifs is 12. The van der Waals surface area contributed by atoms with Gasteiger partial charge in [-0.25, -0.2) is 0 Å². The van der Waals surface area contributed by atoms with Crippen LogP contribution in [-0.4, -0.2) is 102 Å². The van der Waals surface area contributed by atoms with Gasteiger partial charge >= 0.3 is 0 Å². The molecule has 0 aliphatic carbocycles. The Kier molecular flexibility index (Phi) is 13.7. The number of thiocarbonyl (C=S) groups is 3. The van der Waals surface area contributed by atoms with E-state index in [-0.39, 0.29) is 17.7 Å². The molecule has 12 aromatic rings. The summed E-state index contributed by atoms with van der Waals surface area (Å²) in [5.74, 6) is 1.86. The number of anilines is 3. The molecule has 6 aliphatic heterocycles. The molecule has 15 nitrogen and oxygen atoms in total. The number of ether oxygens (including phenoxy) is 3. The Morgan fingerprint density at radius 3 is 1.36 bits per heavy atom. The quantitative estimate of drug-likeness (QED) is 0.106. The summed E-state index contributed by atoms with van der Waals surface area (Å²) in [7, 11) is 5.02. The average Bonchev–Trinajstić information content (AvgIpc) is 1.65. The van der Waals surface area contributed by atoms with Crippen LogP contribution in [0.15, 0.2) is 200 Å². The van der Waals surface area contributed by atoms with E-state index in [1.54, 1.807) is 36.0 Å². The highest BCUT2D eigenvalue weighted by Gasteiger charge is 2.55. The van der Waals surface area contributed by atoms with Gasteiger partial charge in [-0.15, -0.1) is 0 Å². The fraction of sp³-hybridized carbons (Fsp3) is 0.175. The van der Waals surface area contributed by atoms with E-state index in [1.165, 1.54) is 0 Å². The van der Waals surface area contributed by atoms with Crippen molar-refractivity contribution < 1.29 is 28.6 Å². The molecule has 3 saturated heterocycles. The smallest absolute Gasteiger partial charge is 0.256 e. The van der Waals surface area contributed by atoms with Crippen LogP contribution in [0.4, 0.5) is 17.1 Å². The molecule has 3 N–H and O–H groups in total. The molecule has 98 heavy (non-hydrogen) atoms. The summed E-state index contributed by atoms with van der Waals surface area (Å²) in [5.41, 5.74) is 19.6. The van der Waals surface area contributed by atoms with Gasteiger partial charge in [-0.2, -0.15) is 0 Å². The Morgan fingerprint density at radius 2 is 0.806 bits per heavy atom. The van der Waals surface area contributed by atoms with Gasteiger partial charge in [0.2, 0.25) is 0 Å². The molecule has 0 spiro atoms. The van der Waals surface area contributed by atoms with E-state index in [0.29, 0.717) is 57.5 Å². The molecular weight excluding hydrogens is 1280 g/mol. The predicted molar refractivity (Wildman–Crippen MR) is 394 cm³/mol. The first kappa shape index (κ1) is 59.6. The molecular formula is C80H63N9O6S3. The number of aromatic nitrogens is 3. The van der Waals surface area contributed by atoms with Crippen LogP contribution in [0.2, 0.25) is 0 Å². The van der Waals surface area contributed by atoms with E-state index in [0.717, 1.165) is 128 Å². The second-order valence-corrected chi connectivity index (χ2v) is 27.3. The van der Waals surface area contributed by atoms with E-state index in [2.05, 4.69) is 109 Å². The lowest BCUT2D eigenvalue weighted by molar-refractivity contribution is -0.120. The summed E-state index contributed by atoms with van der Waals surface area (Å²) in [6, 6.07) is 64.1. The number of carbonyl (C=O) groups excluding carboxylic acids is 3. The maximum atomic E-state index is 15.5. The van der Waals surface area contributed by atoms with Crippen LogP contribution in [0.1, 0.15) is 79.7 Å². The highest BCUT2D eigenvalue weighted by atomic mass is 32.1. The number of nitrogens with one attached hydrogen (secondary N) is 3. The molecule has 0 saturated carbocycles. The van der Waals surface area contributed by atoms with Crippen molar-refractivity contribution in [2.24, 2.45) is 0 Å². The van der Waals surface area contributed by atoms with Crippen molar-refractivity contribution in [1.82, 2.24) is 29.7 Å². The minimum absolute atomic E-state index is 0.0571. The molecule has 6 atom stereocenters. The number of aromatic amines is 3. The fourth-order valence-electron chi connectivity index (χ4n) is 16.7. The molecule has 0 bridgehead atoms. The number of methoxy groups -OCH3 is 3. The molecule has 3 fully saturated rings. The molecule has 3 amide bonds. The van der Waals surface area contributed by atoms with Crippen molar-refractivity contribution >= 4 is 119 Å². The SMILES string of the molecule is COc1ccccc1C1c2[nH]c3ccccc3c2CC2C(=O)N(c3ccc(-c4ccc5[nH]c6c(c5c4)CC4C(=O)N(c5ccc(-c7ccc8c9c([nH]c8c7)C(c7ccccc7OC)N7C(=S)N(c8cccc(C)c8)C(=O)C7C9)cc5C)C(=S)N4C6c4ccccc4OC)cc3)C(=S)N21. The Labute approximate surface area is 580 Å². The lowest BCUT2D eigenvalue weighted by Crippen LogP contribution is -2.44. The number of benzene rings is 9. The highest BCUT2D eigenvalue weighted by Crippen LogP contribution is 2.52. The van der Waals surface area contributed by atoms with Gasteiger partial charge in [0.25, 0.3) is 17.7 Å². The fourth-order valence-corrected chi connectivity index (χ4v) is 18.0.